The Kier molecular flexibility index (Phi) is 9.78. The van der Waals surface area contributed by atoms with Gasteiger partial charge in [-0.15, -0.1) is 4.72 Å². The van der Waals surface area contributed by atoms with E-state index in [2.05, 4.69) is 47.1 Å². The number of ether oxygens (including phenoxy) is 1. The molecule has 166 valence electrons. The van der Waals surface area contributed by atoms with Crippen LogP contribution < -0.4 is 4.72 Å². The third kappa shape index (κ3) is 6.95. The van der Waals surface area contributed by atoms with Crippen LogP contribution in [0.5, 0.6) is 0 Å². The zero-order valence-corrected chi connectivity index (χ0v) is 19.6. The first kappa shape index (κ1) is 24.7. The zero-order chi connectivity index (χ0) is 22.8. The van der Waals surface area contributed by atoms with Crippen LogP contribution in [0.2, 0.25) is 0 Å². The molecule has 1 unspecified atom stereocenters. The van der Waals surface area contributed by atoms with Crippen molar-refractivity contribution < 1.29 is 19.2 Å². The number of hydrogen-bond donors (Lipinski definition) is 2. The van der Waals surface area contributed by atoms with Crippen LogP contribution in [0.1, 0.15) is 42.0 Å². The number of rotatable bonds is 8. The summed E-state index contributed by atoms with van der Waals surface area (Å²) < 4.78 is 14.0. The summed E-state index contributed by atoms with van der Waals surface area (Å²) >= 11 is 0.949. The van der Waals surface area contributed by atoms with Gasteiger partial charge in [-0.1, -0.05) is 41.1 Å². The second-order valence-electron chi connectivity index (χ2n) is 6.96. The lowest BCUT2D eigenvalue weighted by Crippen LogP contribution is -2.24. The topological polar surface area (TPSA) is 84.6 Å². The van der Waals surface area contributed by atoms with E-state index in [9.17, 15) is 4.79 Å². The average Bonchev–Trinajstić information content (AvgIpc) is 3.12. The van der Waals surface area contributed by atoms with E-state index in [1.54, 1.807) is 0 Å². The maximum absolute atomic E-state index is 12.2. The van der Waals surface area contributed by atoms with Gasteiger partial charge in [-0.25, -0.2) is 0 Å². The molecule has 2 N–H and O–H groups in total. The van der Waals surface area contributed by atoms with Crippen LogP contribution in [0.25, 0.3) is 11.1 Å². The second-order valence-corrected chi connectivity index (χ2v) is 7.96. The minimum absolute atomic E-state index is 0.169. The minimum atomic E-state index is -0.216. The van der Waals surface area contributed by atoms with Gasteiger partial charge < -0.3 is 14.4 Å². The van der Waals surface area contributed by atoms with Crippen LogP contribution in [0.4, 0.5) is 0 Å². The fourth-order valence-corrected chi connectivity index (χ4v) is 4.05. The summed E-state index contributed by atoms with van der Waals surface area (Å²) in [6.07, 6.45) is 0.262. The van der Waals surface area contributed by atoms with Gasteiger partial charge in [0.2, 0.25) is 0 Å². The lowest BCUT2D eigenvalue weighted by atomic mass is 9.97. The number of benzene rings is 2. The Morgan fingerprint density at radius 2 is 1.87 bits per heavy atom. The molecule has 0 saturated carbocycles. The van der Waals surface area contributed by atoms with E-state index in [1.807, 2.05) is 39.0 Å². The molecule has 1 aromatic heterocycles. The molecule has 1 heterocycles. The molecule has 3 aromatic rings. The molecule has 0 fully saturated rings. The minimum Gasteiger partial charge on any atom is -0.466 e. The number of esters is 1. The average molecular weight is 444 g/mol. The van der Waals surface area contributed by atoms with Gasteiger partial charge in [-0.3, -0.25) is 4.79 Å². The summed E-state index contributed by atoms with van der Waals surface area (Å²) in [5.74, 6) is 0.569. The maximum atomic E-state index is 12.2. The number of aliphatic hydroxyl groups excluding tert-OH is 1. The van der Waals surface area contributed by atoms with Gasteiger partial charge in [0.05, 0.1) is 36.7 Å². The van der Waals surface area contributed by atoms with Crippen LogP contribution in [0, 0.1) is 20.8 Å². The summed E-state index contributed by atoms with van der Waals surface area (Å²) in [4.78, 5) is 13.4. The van der Waals surface area contributed by atoms with Crippen molar-refractivity contribution in [2.24, 2.45) is 0 Å². The largest absolute Gasteiger partial charge is 0.466 e. The first-order valence-corrected chi connectivity index (χ1v) is 11.0. The van der Waals surface area contributed by atoms with E-state index < -0.39 is 0 Å². The standard InChI is InChI=1S/C23H26N2O3S.CH4O/c1-5-27-22(26)14-21(25-29-20-11-9-15(2)10-12-20)18-7-6-8-19(13-18)23-16(3)24-28-17(23)4;1-2/h6-13,21,25H,5,14H2,1-4H3;2H,1H3/p+1. The normalized spacial score (nSPS) is 11.4. The lowest BCUT2D eigenvalue weighted by Gasteiger charge is -2.15. The summed E-state index contributed by atoms with van der Waals surface area (Å²) in [5, 5.41) is 11.1. The monoisotopic (exact) mass is 443 g/mol. The molecule has 0 aliphatic rings. The van der Waals surface area contributed by atoms with Gasteiger partial charge >= 0.3 is 5.97 Å². The van der Waals surface area contributed by atoms with Crippen molar-refractivity contribution in [1.29, 1.82) is 0 Å². The predicted octanol–water partition coefficient (Wildman–Crippen LogP) is 4.25. The number of aliphatic hydroxyl groups is 1. The maximum Gasteiger partial charge on any atom is 0.307 e. The molecule has 1 atom stereocenters. The summed E-state index contributed by atoms with van der Waals surface area (Å²) in [5.41, 5.74) is 5.13. The number of nitrogens with one attached hydrogen (secondary N) is 1. The number of nitrogens with zero attached hydrogens (tertiary/aromatic N) is 1. The molecular formula is C24H31N2O4S+. The summed E-state index contributed by atoms with van der Waals surface area (Å²) in [6, 6.07) is 16.3. The van der Waals surface area contributed by atoms with Crippen LogP contribution in [-0.2, 0) is 21.5 Å². The van der Waals surface area contributed by atoms with Crippen molar-refractivity contribution in [3.8, 4) is 11.1 Å². The quantitative estimate of drug-likeness (QED) is 0.308. The summed E-state index contributed by atoms with van der Waals surface area (Å²) in [7, 11) is 1.00. The molecule has 0 saturated heterocycles. The number of aryl methyl sites for hydroxylation is 3. The van der Waals surface area contributed by atoms with E-state index in [1.165, 1.54) is 5.56 Å². The first-order chi connectivity index (χ1) is 15.0. The van der Waals surface area contributed by atoms with Crippen molar-refractivity contribution in [2.45, 2.75) is 45.1 Å². The predicted molar refractivity (Wildman–Crippen MR) is 125 cm³/mol. The fourth-order valence-electron chi connectivity index (χ4n) is 3.20. The Morgan fingerprint density at radius 1 is 1.16 bits per heavy atom. The smallest absolute Gasteiger partial charge is 0.307 e. The molecule has 31 heavy (non-hydrogen) atoms. The van der Waals surface area contributed by atoms with E-state index in [0.29, 0.717) is 6.61 Å². The zero-order valence-electron chi connectivity index (χ0n) is 18.7. The third-order valence-corrected chi connectivity index (χ3v) is 5.67. The number of carbonyl (C=O) groups is 1. The highest BCUT2D eigenvalue weighted by Gasteiger charge is 2.22. The van der Waals surface area contributed by atoms with E-state index >= 15 is 0 Å². The Labute approximate surface area is 188 Å². The fraction of sp³-hybridized carbons (Fsp3) is 0.333. The Hall–Kier alpha value is -2.61. The number of carbonyl (C=O) groups excluding carboxylic acids is 1. The second kappa shape index (κ2) is 12.3. The van der Waals surface area contributed by atoms with Gasteiger partial charge in [-0.2, -0.15) is 0 Å². The number of thiol groups is 1. The van der Waals surface area contributed by atoms with Gasteiger partial charge in [0.25, 0.3) is 0 Å². The van der Waals surface area contributed by atoms with Crippen molar-refractivity contribution in [3.05, 3.63) is 71.1 Å². The highest BCUT2D eigenvalue weighted by molar-refractivity contribution is 7.76. The van der Waals surface area contributed by atoms with Crippen LogP contribution in [0.3, 0.4) is 0 Å². The van der Waals surface area contributed by atoms with Crippen molar-refractivity contribution >= 4 is 17.9 Å². The number of aromatic nitrogens is 1. The first-order valence-electron chi connectivity index (χ1n) is 10.1. The highest BCUT2D eigenvalue weighted by Crippen LogP contribution is 2.30. The SMILES string of the molecule is CCOC(=O)CC(N[SH+]c1ccc(C)cc1)c1cccc(-c2c(C)noc2C)c1.CO. The third-order valence-electron chi connectivity index (χ3n) is 4.67. The molecule has 0 aliphatic heterocycles. The van der Waals surface area contributed by atoms with Gasteiger partial charge in [-0.05, 0) is 57.0 Å². The molecule has 6 nitrogen and oxygen atoms in total. The molecule has 2 aromatic carbocycles. The van der Waals surface area contributed by atoms with Crippen LogP contribution in [0.15, 0.2) is 57.9 Å². The molecule has 3 rings (SSSR count). The molecule has 0 spiro atoms. The van der Waals surface area contributed by atoms with Crippen molar-refractivity contribution in [3.63, 3.8) is 0 Å². The van der Waals surface area contributed by atoms with E-state index in [4.69, 9.17) is 14.4 Å². The van der Waals surface area contributed by atoms with Crippen molar-refractivity contribution in [1.82, 2.24) is 9.88 Å². The molecule has 7 heteroatoms. The van der Waals surface area contributed by atoms with E-state index in [-0.39, 0.29) is 18.4 Å². The molecule has 0 radical (unpaired) electrons. The van der Waals surface area contributed by atoms with Crippen LogP contribution in [-0.4, -0.2) is 29.9 Å². The Balaban J connectivity index is 0.00000166. The van der Waals surface area contributed by atoms with Gasteiger partial charge in [0.1, 0.15) is 5.76 Å². The van der Waals surface area contributed by atoms with E-state index in [0.717, 1.165) is 52.1 Å². The Morgan fingerprint density at radius 3 is 2.48 bits per heavy atom. The molecular weight excluding hydrogens is 412 g/mol. The van der Waals surface area contributed by atoms with Crippen LogP contribution >= 0.6 is 0 Å². The molecule has 0 amide bonds. The Bertz CT molecular complexity index is 950. The summed E-state index contributed by atoms with van der Waals surface area (Å²) in [6.45, 7) is 8.11. The molecule has 0 aliphatic carbocycles. The lowest BCUT2D eigenvalue weighted by molar-refractivity contribution is -0.143. The molecule has 0 bridgehead atoms. The van der Waals surface area contributed by atoms with Gasteiger partial charge in [0, 0.05) is 12.7 Å². The number of hydrogen-bond acceptors (Lipinski definition) is 6. The highest BCUT2D eigenvalue weighted by atomic mass is 32.2. The van der Waals surface area contributed by atoms with Crippen molar-refractivity contribution in [2.75, 3.05) is 13.7 Å². The van der Waals surface area contributed by atoms with Gasteiger partial charge in [0.15, 0.2) is 4.90 Å².